The Labute approximate surface area is 260 Å². The summed E-state index contributed by atoms with van der Waals surface area (Å²) in [5, 5.41) is 0.191. The first-order valence-corrected chi connectivity index (χ1v) is 17.0. The Hall–Kier alpha value is -2.37. The fourth-order valence-electron chi connectivity index (χ4n) is 4.53. The number of ether oxygens (including phenoxy) is 8. The van der Waals surface area contributed by atoms with Gasteiger partial charge in [-0.15, -0.1) is 0 Å². The molecule has 2 aromatic carbocycles. The van der Waals surface area contributed by atoms with Crippen molar-refractivity contribution in [1.82, 2.24) is 0 Å². The zero-order chi connectivity index (χ0) is 30.7. The van der Waals surface area contributed by atoms with Crippen LogP contribution in [0.1, 0.15) is 71.8 Å². The first kappa shape index (κ1) is 35.1. The molecule has 0 bridgehead atoms. The second-order valence-corrected chi connectivity index (χ2v) is 12.4. The van der Waals surface area contributed by atoms with Gasteiger partial charge in [0.05, 0.1) is 26.4 Å². The number of fused-ring (bicyclic) bond motifs is 2. The molecule has 3 unspecified atom stereocenters. The standard InChI is InChI=1S/C18H28O3S.C15H22O6/c1-3-4-5-6-7-8-11-22(19)15(2)12-16-9-10-17-18(13-16)21-14-20-17;1-3-16-6-7-17-8-9-18-12(2)21-13-4-5-14-15(10-13)20-11-19-14/h9-10,13,15H,3-8,11-12,14H2,1-2H3;4-5,10,12H,3,6-9,11H2,1-2H3. The highest BCUT2D eigenvalue weighted by molar-refractivity contribution is 7.91. The van der Waals surface area contributed by atoms with Gasteiger partial charge in [0.25, 0.3) is 0 Å². The number of rotatable bonds is 20. The molecule has 43 heavy (non-hydrogen) atoms. The molecule has 0 spiro atoms. The largest absolute Gasteiger partial charge is 0.616 e. The molecule has 3 atom stereocenters. The van der Waals surface area contributed by atoms with E-state index >= 15 is 0 Å². The Morgan fingerprint density at radius 1 is 0.744 bits per heavy atom. The zero-order valence-electron chi connectivity index (χ0n) is 26.3. The van der Waals surface area contributed by atoms with Crippen LogP contribution < -0.4 is 23.7 Å². The van der Waals surface area contributed by atoms with E-state index in [9.17, 15) is 4.55 Å². The van der Waals surface area contributed by atoms with Gasteiger partial charge in [0, 0.05) is 19.1 Å². The van der Waals surface area contributed by atoms with E-state index in [1.165, 1.54) is 37.7 Å². The van der Waals surface area contributed by atoms with E-state index in [2.05, 4.69) is 13.8 Å². The van der Waals surface area contributed by atoms with Crippen LogP contribution in [-0.2, 0) is 31.8 Å². The third-order valence-electron chi connectivity index (χ3n) is 6.91. The van der Waals surface area contributed by atoms with Crippen molar-refractivity contribution in [3.8, 4) is 28.7 Å². The summed E-state index contributed by atoms with van der Waals surface area (Å²) in [6.45, 7) is 11.5. The van der Waals surface area contributed by atoms with E-state index in [1.54, 1.807) is 6.07 Å². The topological polar surface area (TPSA) is 96.9 Å². The second kappa shape index (κ2) is 20.6. The van der Waals surface area contributed by atoms with Gasteiger partial charge in [-0.25, -0.2) is 0 Å². The third kappa shape index (κ3) is 13.4. The van der Waals surface area contributed by atoms with Crippen molar-refractivity contribution in [3.63, 3.8) is 0 Å². The fourth-order valence-corrected chi connectivity index (χ4v) is 5.80. The average molecular weight is 623 g/mol. The van der Waals surface area contributed by atoms with Crippen LogP contribution in [-0.4, -0.2) is 68.5 Å². The van der Waals surface area contributed by atoms with E-state index in [0.717, 1.165) is 35.8 Å². The molecule has 0 amide bonds. The highest BCUT2D eigenvalue weighted by Gasteiger charge is 2.20. The molecular formula is C33H50O9S. The summed E-state index contributed by atoms with van der Waals surface area (Å²) < 4.78 is 55.2. The van der Waals surface area contributed by atoms with Crippen molar-refractivity contribution in [3.05, 3.63) is 42.0 Å². The monoisotopic (exact) mass is 622 g/mol. The van der Waals surface area contributed by atoms with Crippen molar-refractivity contribution in [2.24, 2.45) is 0 Å². The van der Waals surface area contributed by atoms with Gasteiger partial charge in [0.1, 0.15) is 16.8 Å². The molecule has 4 rings (SSSR count). The van der Waals surface area contributed by atoms with Gasteiger partial charge < -0.3 is 42.4 Å². The molecule has 2 aliphatic rings. The second-order valence-electron chi connectivity index (χ2n) is 10.4. The number of hydrogen-bond acceptors (Lipinski definition) is 9. The smallest absolute Gasteiger partial charge is 0.231 e. The summed E-state index contributed by atoms with van der Waals surface area (Å²) >= 11 is -0.743. The molecule has 0 aliphatic carbocycles. The number of unbranched alkanes of at least 4 members (excludes halogenated alkanes) is 5. The number of hydrogen-bond donors (Lipinski definition) is 0. The van der Waals surface area contributed by atoms with E-state index in [4.69, 9.17) is 37.9 Å². The summed E-state index contributed by atoms with van der Waals surface area (Å²) in [6.07, 6.45) is 7.96. The first-order valence-electron chi connectivity index (χ1n) is 15.6. The molecule has 2 aromatic rings. The zero-order valence-corrected chi connectivity index (χ0v) is 27.1. The Morgan fingerprint density at radius 2 is 1.37 bits per heavy atom. The van der Waals surface area contributed by atoms with Gasteiger partial charge in [-0.2, -0.15) is 0 Å². The lowest BCUT2D eigenvalue weighted by atomic mass is 10.1. The molecule has 0 aromatic heterocycles. The Morgan fingerprint density at radius 3 is 2.12 bits per heavy atom. The maximum absolute atomic E-state index is 12.3. The quantitative estimate of drug-likeness (QED) is 0.0912. The van der Waals surface area contributed by atoms with Crippen LogP contribution in [0.5, 0.6) is 28.7 Å². The Bertz CT molecular complexity index is 1040. The van der Waals surface area contributed by atoms with E-state index < -0.39 is 11.2 Å². The molecule has 242 valence electrons. The molecule has 9 nitrogen and oxygen atoms in total. The van der Waals surface area contributed by atoms with Crippen molar-refractivity contribution >= 4 is 11.2 Å². The molecule has 0 N–H and O–H groups in total. The van der Waals surface area contributed by atoms with Gasteiger partial charge in [0.2, 0.25) is 13.6 Å². The summed E-state index contributed by atoms with van der Waals surface area (Å²) in [6, 6.07) is 11.4. The molecule has 10 heteroatoms. The summed E-state index contributed by atoms with van der Waals surface area (Å²) in [5.41, 5.74) is 1.17. The molecule has 2 heterocycles. The molecular weight excluding hydrogens is 572 g/mol. The van der Waals surface area contributed by atoms with Crippen molar-refractivity contribution in [2.45, 2.75) is 84.2 Å². The minimum Gasteiger partial charge on any atom is -0.616 e. The van der Waals surface area contributed by atoms with Crippen molar-refractivity contribution in [2.75, 3.05) is 52.4 Å². The Balaban J connectivity index is 0.000000236. The predicted octanol–water partition coefficient (Wildman–Crippen LogP) is 6.67. The van der Waals surface area contributed by atoms with Crippen LogP contribution in [0.15, 0.2) is 36.4 Å². The Kier molecular flexibility index (Phi) is 16.8. The van der Waals surface area contributed by atoms with Crippen LogP contribution in [0.4, 0.5) is 0 Å². The highest BCUT2D eigenvalue weighted by Crippen LogP contribution is 2.35. The van der Waals surface area contributed by atoms with E-state index in [-0.39, 0.29) is 18.3 Å². The maximum Gasteiger partial charge on any atom is 0.231 e. The summed E-state index contributed by atoms with van der Waals surface area (Å²) in [4.78, 5) is 0. The first-order chi connectivity index (χ1) is 21.0. The maximum atomic E-state index is 12.3. The van der Waals surface area contributed by atoms with Crippen LogP contribution in [0, 0.1) is 0 Å². The number of benzene rings is 2. The average Bonchev–Trinajstić information content (AvgIpc) is 3.68. The van der Waals surface area contributed by atoms with Crippen LogP contribution >= 0.6 is 0 Å². The molecule has 0 fully saturated rings. The van der Waals surface area contributed by atoms with Gasteiger partial charge in [-0.1, -0.05) is 49.8 Å². The lowest BCUT2D eigenvalue weighted by Gasteiger charge is -2.18. The highest BCUT2D eigenvalue weighted by atomic mass is 32.2. The third-order valence-corrected chi connectivity index (χ3v) is 8.67. The van der Waals surface area contributed by atoms with E-state index in [0.29, 0.717) is 51.3 Å². The minimum absolute atomic E-state index is 0.191. The molecule has 0 radical (unpaired) electrons. The molecule has 2 aliphatic heterocycles. The fraction of sp³-hybridized carbons (Fsp3) is 0.636. The van der Waals surface area contributed by atoms with Crippen LogP contribution in [0.2, 0.25) is 0 Å². The summed E-state index contributed by atoms with van der Waals surface area (Å²) in [7, 11) is 0. The lowest BCUT2D eigenvalue weighted by Crippen LogP contribution is -2.23. The predicted molar refractivity (Wildman–Crippen MR) is 168 cm³/mol. The van der Waals surface area contributed by atoms with Gasteiger partial charge in [0.15, 0.2) is 29.3 Å². The lowest BCUT2D eigenvalue weighted by molar-refractivity contribution is -0.0859. The van der Waals surface area contributed by atoms with E-state index in [1.807, 2.05) is 44.2 Å². The van der Waals surface area contributed by atoms with Crippen molar-refractivity contribution in [1.29, 1.82) is 0 Å². The van der Waals surface area contributed by atoms with Gasteiger partial charge in [-0.3, -0.25) is 0 Å². The molecule has 0 saturated carbocycles. The minimum atomic E-state index is -0.743. The van der Waals surface area contributed by atoms with Crippen molar-refractivity contribution < 1.29 is 42.4 Å². The normalized spacial score (nSPS) is 15.0. The van der Waals surface area contributed by atoms with Gasteiger partial charge in [-0.05, 0) is 63.4 Å². The molecule has 0 saturated heterocycles. The summed E-state index contributed by atoms with van der Waals surface area (Å²) in [5.74, 6) is 4.57. The SMILES string of the molecule is CCCCCCCC[S+]([O-])C(C)Cc1ccc2c(c1)OCO2.CCOCCOCCOC(C)Oc1ccc2c(c1)OCO2. The van der Waals surface area contributed by atoms with Gasteiger partial charge >= 0.3 is 0 Å². The van der Waals surface area contributed by atoms with Crippen LogP contribution in [0.25, 0.3) is 0 Å². The van der Waals surface area contributed by atoms with Crippen LogP contribution in [0.3, 0.4) is 0 Å².